The third-order valence-electron chi connectivity index (χ3n) is 4.83. The van der Waals surface area contributed by atoms with Crippen LogP contribution in [0.3, 0.4) is 0 Å². The molecule has 1 aliphatic rings. The summed E-state index contributed by atoms with van der Waals surface area (Å²) in [5.41, 5.74) is 2.98. The summed E-state index contributed by atoms with van der Waals surface area (Å²) < 4.78 is 0. The van der Waals surface area contributed by atoms with E-state index in [9.17, 15) is 4.79 Å². The van der Waals surface area contributed by atoms with E-state index >= 15 is 0 Å². The average molecular weight is 373 g/mol. The minimum Gasteiger partial charge on any atom is -0.356 e. The molecule has 0 spiro atoms. The number of carbonyl (C=O) groups excluding carboxylic acids is 1. The molecule has 1 aromatic heterocycles. The number of hydrogen-bond donors (Lipinski definition) is 1. The number of hydrogen-bond acceptors (Lipinski definition) is 4. The Hall–Kier alpha value is -2.14. The van der Waals surface area contributed by atoms with Crippen LogP contribution in [0.25, 0.3) is 0 Å². The summed E-state index contributed by atoms with van der Waals surface area (Å²) in [6, 6.07) is 5.61. The molecule has 0 bridgehead atoms. The van der Waals surface area contributed by atoms with Crippen LogP contribution in [0.2, 0.25) is 5.02 Å². The molecule has 0 unspecified atom stereocenters. The molecule has 2 aromatic rings. The highest BCUT2D eigenvalue weighted by atomic mass is 35.5. The third-order valence-corrected chi connectivity index (χ3v) is 5.13. The summed E-state index contributed by atoms with van der Waals surface area (Å²) in [4.78, 5) is 23.8. The Morgan fingerprint density at radius 3 is 2.50 bits per heavy atom. The number of amides is 1. The summed E-state index contributed by atoms with van der Waals surface area (Å²) in [6.07, 6.45) is 2.28. The van der Waals surface area contributed by atoms with Gasteiger partial charge in [-0.15, -0.1) is 0 Å². The van der Waals surface area contributed by atoms with Gasteiger partial charge in [-0.05, 0) is 56.7 Å². The summed E-state index contributed by atoms with van der Waals surface area (Å²) in [6.45, 7) is 9.92. The Bertz CT molecular complexity index is 806. The van der Waals surface area contributed by atoms with E-state index in [0.717, 1.165) is 48.8 Å². The predicted molar refractivity (Wildman–Crippen MR) is 106 cm³/mol. The van der Waals surface area contributed by atoms with Crippen molar-refractivity contribution in [2.24, 2.45) is 5.92 Å². The Morgan fingerprint density at radius 1 is 1.15 bits per heavy atom. The number of aryl methyl sites for hydroxylation is 3. The molecule has 26 heavy (non-hydrogen) atoms. The summed E-state index contributed by atoms with van der Waals surface area (Å²) in [5, 5.41) is 3.44. The van der Waals surface area contributed by atoms with Gasteiger partial charge in [0.25, 0.3) is 5.91 Å². The second kappa shape index (κ2) is 7.62. The topological polar surface area (TPSA) is 58.1 Å². The summed E-state index contributed by atoms with van der Waals surface area (Å²) >= 11 is 6.31. The lowest BCUT2D eigenvalue weighted by Gasteiger charge is -2.31. The van der Waals surface area contributed by atoms with Crippen LogP contribution in [0, 0.1) is 26.7 Å². The lowest BCUT2D eigenvalue weighted by molar-refractivity contribution is 0.102. The van der Waals surface area contributed by atoms with E-state index < -0.39 is 0 Å². The maximum absolute atomic E-state index is 12.8. The number of nitrogens with zero attached hydrogens (tertiary/aromatic N) is 3. The Morgan fingerprint density at radius 2 is 1.85 bits per heavy atom. The molecule has 1 fully saturated rings. The van der Waals surface area contributed by atoms with E-state index in [0.29, 0.717) is 22.2 Å². The second-order valence-corrected chi connectivity index (χ2v) is 7.63. The highest BCUT2D eigenvalue weighted by molar-refractivity contribution is 6.34. The molecular formula is C20H25ClN4O. The van der Waals surface area contributed by atoms with Gasteiger partial charge in [0.05, 0.1) is 10.7 Å². The molecule has 1 N–H and O–H groups in total. The fraction of sp³-hybridized carbons (Fsp3) is 0.450. The number of halogens is 1. The number of rotatable bonds is 3. The van der Waals surface area contributed by atoms with Crippen molar-refractivity contribution in [3.63, 3.8) is 0 Å². The monoisotopic (exact) mass is 372 g/mol. The van der Waals surface area contributed by atoms with E-state index in [1.165, 1.54) is 0 Å². The van der Waals surface area contributed by atoms with Crippen LogP contribution in [-0.4, -0.2) is 29.0 Å². The van der Waals surface area contributed by atoms with Crippen molar-refractivity contribution in [3.8, 4) is 0 Å². The number of benzene rings is 1. The number of carbonyl (C=O) groups is 1. The van der Waals surface area contributed by atoms with Gasteiger partial charge in [-0.1, -0.05) is 24.6 Å². The van der Waals surface area contributed by atoms with Crippen molar-refractivity contribution in [2.75, 3.05) is 23.3 Å². The van der Waals surface area contributed by atoms with E-state index in [4.69, 9.17) is 11.6 Å². The Labute approximate surface area is 159 Å². The van der Waals surface area contributed by atoms with E-state index in [1.54, 1.807) is 6.07 Å². The van der Waals surface area contributed by atoms with Crippen molar-refractivity contribution in [2.45, 2.75) is 40.5 Å². The number of aromatic nitrogens is 2. The van der Waals surface area contributed by atoms with Crippen LogP contribution in [-0.2, 0) is 0 Å². The highest BCUT2D eigenvalue weighted by Gasteiger charge is 2.20. The van der Waals surface area contributed by atoms with Gasteiger partial charge >= 0.3 is 0 Å². The third kappa shape index (κ3) is 4.15. The van der Waals surface area contributed by atoms with Crippen LogP contribution < -0.4 is 10.2 Å². The largest absolute Gasteiger partial charge is 0.356 e. The maximum Gasteiger partial charge on any atom is 0.274 e. The first-order chi connectivity index (χ1) is 12.3. The van der Waals surface area contributed by atoms with Crippen LogP contribution in [0.5, 0.6) is 0 Å². The summed E-state index contributed by atoms with van der Waals surface area (Å²) in [7, 11) is 0. The molecule has 0 radical (unpaired) electrons. The van der Waals surface area contributed by atoms with E-state index in [2.05, 4.69) is 27.1 Å². The molecule has 0 atom stereocenters. The molecule has 1 saturated heterocycles. The lowest BCUT2D eigenvalue weighted by atomic mass is 9.99. The van der Waals surface area contributed by atoms with Crippen molar-refractivity contribution in [1.82, 2.24) is 9.97 Å². The van der Waals surface area contributed by atoms with Crippen LogP contribution in [0.15, 0.2) is 18.2 Å². The smallest absolute Gasteiger partial charge is 0.274 e. The molecule has 1 amide bonds. The molecular weight excluding hydrogens is 348 g/mol. The number of nitrogens with one attached hydrogen (secondary N) is 1. The quantitative estimate of drug-likeness (QED) is 0.859. The number of anilines is 2. The van der Waals surface area contributed by atoms with Crippen LogP contribution in [0.1, 0.15) is 47.2 Å². The first kappa shape index (κ1) is 18.6. The molecule has 2 heterocycles. The van der Waals surface area contributed by atoms with Crippen molar-refractivity contribution in [3.05, 3.63) is 45.9 Å². The Balaban J connectivity index is 1.84. The first-order valence-electron chi connectivity index (χ1n) is 9.02. The fourth-order valence-corrected chi connectivity index (χ4v) is 3.69. The van der Waals surface area contributed by atoms with Crippen molar-refractivity contribution in [1.29, 1.82) is 0 Å². The van der Waals surface area contributed by atoms with Crippen molar-refractivity contribution >= 4 is 29.0 Å². The van der Waals surface area contributed by atoms with Crippen LogP contribution >= 0.6 is 11.6 Å². The highest BCUT2D eigenvalue weighted by Crippen LogP contribution is 2.28. The lowest BCUT2D eigenvalue weighted by Crippen LogP contribution is -2.34. The molecule has 6 heteroatoms. The molecule has 138 valence electrons. The first-order valence-corrected chi connectivity index (χ1v) is 9.40. The van der Waals surface area contributed by atoms with Gasteiger partial charge in [0, 0.05) is 19.2 Å². The SMILES string of the molecule is Cc1cc(C)c(NC(=O)c2cc(N3CCC(C)CC3)nc(C)n2)c(Cl)c1. The molecule has 1 aromatic carbocycles. The average Bonchev–Trinajstić information content (AvgIpc) is 2.58. The van der Waals surface area contributed by atoms with Gasteiger partial charge in [0.1, 0.15) is 17.3 Å². The molecule has 3 rings (SSSR count). The van der Waals surface area contributed by atoms with Gasteiger partial charge in [0.2, 0.25) is 0 Å². The predicted octanol–water partition coefficient (Wildman–Crippen LogP) is 4.54. The maximum atomic E-state index is 12.8. The van der Waals surface area contributed by atoms with Gasteiger partial charge in [-0.25, -0.2) is 9.97 Å². The van der Waals surface area contributed by atoms with Gasteiger partial charge in [0.15, 0.2) is 0 Å². The van der Waals surface area contributed by atoms with Crippen molar-refractivity contribution < 1.29 is 4.79 Å². The van der Waals surface area contributed by atoms with Gasteiger partial charge in [-0.3, -0.25) is 4.79 Å². The van der Waals surface area contributed by atoms with Gasteiger partial charge in [-0.2, -0.15) is 0 Å². The van der Waals surface area contributed by atoms with Crippen LogP contribution in [0.4, 0.5) is 11.5 Å². The number of piperidine rings is 1. The normalized spacial score (nSPS) is 15.2. The zero-order valence-corrected chi connectivity index (χ0v) is 16.5. The zero-order chi connectivity index (χ0) is 18.8. The fourth-order valence-electron chi connectivity index (χ4n) is 3.32. The molecule has 0 aliphatic carbocycles. The molecule has 5 nitrogen and oxygen atoms in total. The van der Waals surface area contributed by atoms with E-state index in [-0.39, 0.29) is 5.91 Å². The molecule has 1 aliphatic heterocycles. The zero-order valence-electron chi connectivity index (χ0n) is 15.8. The summed E-state index contributed by atoms with van der Waals surface area (Å²) in [5.74, 6) is 1.89. The van der Waals surface area contributed by atoms with Gasteiger partial charge < -0.3 is 10.2 Å². The standard InChI is InChI=1S/C20H25ClN4O/c1-12-5-7-25(8-6-12)18-11-17(22-15(4)23-18)20(26)24-19-14(3)9-13(2)10-16(19)21/h9-12H,5-8H2,1-4H3,(H,24,26). The molecule has 0 saturated carbocycles. The minimum absolute atomic E-state index is 0.268. The second-order valence-electron chi connectivity index (χ2n) is 7.22. The Kier molecular flexibility index (Phi) is 5.47. The minimum atomic E-state index is -0.268. The van der Waals surface area contributed by atoms with E-state index in [1.807, 2.05) is 32.9 Å².